The fourth-order valence-electron chi connectivity index (χ4n) is 2.26. The maximum Gasteiger partial charge on any atom is 0.265 e. The summed E-state index contributed by atoms with van der Waals surface area (Å²) in [5, 5.41) is 0. The molecule has 0 saturated heterocycles. The average Bonchev–Trinajstić information content (AvgIpc) is 2.77. The van der Waals surface area contributed by atoms with Gasteiger partial charge in [0.2, 0.25) is 0 Å². The van der Waals surface area contributed by atoms with Crippen molar-refractivity contribution >= 4 is 17.9 Å². The first kappa shape index (κ1) is 13.9. The smallest absolute Gasteiger partial charge is 0.265 e. The van der Waals surface area contributed by atoms with E-state index in [-0.39, 0.29) is 17.6 Å². The van der Waals surface area contributed by atoms with Gasteiger partial charge in [0.25, 0.3) is 11.8 Å². The zero-order valence-electron chi connectivity index (χ0n) is 11.6. The highest BCUT2D eigenvalue weighted by Crippen LogP contribution is 2.22. The van der Waals surface area contributed by atoms with E-state index in [2.05, 4.69) is 0 Å². The van der Waals surface area contributed by atoms with Gasteiger partial charge in [-0.2, -0.15) is 0 Å². The molecule has 0 unspecified atom stereocenters. The van der Waals surface area contributed by atoms with Crippen LogP contribution in [0.1, 0.15) is 26.3 Å². The molecule has 22 heavy (non-hydrogen) atoms. The number of carbonyl (C=O) groups is 2. The van der Waals surface area contributed by atoms with E-state index in [0.29, 0.717) is 16.7 Å². The summed E-state index contributed by atoms with van der Waals surface area (Å²) in [5.41, 5.74) is 1.52. The van der Waals surface area contributed by atoms with Gasteiger partial charge in [0, 0.05) is 6.20 Å². The third kappa shape index (κ3) is 2.59. The van der Waals surface area contributed by atoms with Crippen LogP contribution in [0, 0.1) is 5.82 Å². The third-order valence-electron chi connectivity index (χ3n) is 3.31. The standard InChI is InChI=1S/C18H12FNO2/c19-14-8-5-7-13(12-14)6-3-4-11-20-17(21)15-9-1-2-10-16(15)18(20)22/h1-12H/b6-3+,11-4+. The van der Waals surface area contributed by atoms with Crippen LogP contribution in [0.3, 0.4) is 0 Å². The van der Waals surface area contributed by atoms with E-state index in [0.717, 1.165) is 4.90 Å². The average molecular weight is 293 g/mol. The SMILES string of the molecule is O=C1c2ccccc2C(=O)N1/C=C/C=C/c1cccc(F)c1. The number of hydrogen-bond acceptors (Lipinski definition) is 2. The quantitative estimate of drug-likeness (QED) is 0.640. The molecule has 3 rings (SSSR count). The van der Waals surface area contributed by atoms with E-state index < -0.39 is 0 Å². The monoisotopic (exact) mass is 293 g/mol. The lowest BCUT2D eigenvalue weighted by molar-refractivity contribution is 0.0721. The Morgan fingerprint density at radius 2 is 1.55 bits per heavy atom. The molecule has 0 aromatic heterocycles. The second-order valence-electron chi connectivity index (χ2n) is 4.78. The number of benzene rings is 2. The summed E-state index contributed by atoms with van der Waals surface area (Å²) >= 11 is 0. The Labute approximate surface area is 127 Å². The van der Waals surface area contributed by atoms with Gasteiger partial charge in [-0.3, -0.25) is 9.59 Å². The second-order valence-corrected chi connectivity index (χ2v) is 4.78. The Hall–Kier alpha value is -3.01. The molecule has 1 heterocycles. The molecule has 108 valence electrons. The summed E-state index contributed by atoms with van der Waals surface area (Å²) in [4.78, 5) is 25.3. The van der Waals surface area contributed by atoms with E-state index in [1.54, 1.807) is 54.6 Å². The third-order valence-corrected chi connectivity index (χ3v) is 3.31. The van der Waals surface area contributed by atoms with Crippen molar-refractivity contribution in [1.82, 2.24) is 4.90 Å². The maximum absolute atomic E-state index is 13.0. The fourth-order valence-corrected chi connectivity index (χ4v) is 2.26. The Bertz CT molecular complexity index is 773. The van der Waals surface area contributed by atoms with Crippen molar-refractivity contribution in [3.63, 3.8) is 0 Å². The summed E-state index contributed by atoms with van der Waals surface area (Å²) < 4.78 is 13.0. The van der Waals surface area contributed by atoms with Gasteiger partial charge in [-0.15, -0.1) is 0 Å². The van der Waals surface area contributed by atoms with Gasteiger partial charge in [0.15, 0.2) is 0 Å². The van der Waals surface area contributed by atoms with E-state index in [1.807, 2.05) is 0 Å². The van der Waals surface area contributed by atoms with Gasteiger partial charge < -0.3 is 0 Å². The highest BCUT2D eigenvalue weighted by Gasteiger charge is 2.33. The summed E-state index contributed by atoms with van der Waals surface area (Å²) in [6.07, 6.45) is 6.34. The van der Waals surface area contributed by atoms with Crippen LogP contribution in [0.15, 0.2) is 66.9 Å². The Morgan fingerprint density at radius 3 is 2.18 bits per heavy atom. The molecule has 0 fully saturated rings. The number of halogens is 1. The van der Waals surface area contributed by atoms with Gasteiger partial charge >= 0.3 is 0 Å². The predicted molar refractivity (Wildman–Crippen MR) is 81.5 cm³/mol. The summed E-state index contributed by atoms with van der Waals surface area (Å²) in [6, 6.07) is 12.8. The van der Waals surface area contributed by atoms with Crippen molar-refractivity contribution in [2.45, 2.75) is 0 Å². The second kappa shape index (κ2) is 5.77. The molecule has 0 saturated carbocycles. The van der Waals surface area contributed by atoms with E-state index in [4.69, 9.17) is 0 Å². The molecule has 4 heteroatoms. The normalized spacial score (nSPS) is 14.3. The summed E-state index contributed by atoms with van der Waals surface area (Å²) in [5.74, 6) is -0.988. The molecule has 0 atom stereocenters. The molecule has 2 aromatic rings. The van der Waals surface area contributed by atoms with E-state index >= 15 is 0 Å². The van der Waals surface area contributed by atoms with Crippen LogP contribution < -0.4 is 0 Å². The van der Waals surface area contributed by atoms with E-state index in [1.165, 1.54) is 18.3 Å². The van der Waals surface area contributed by atoms with Gasteiger partial charge in [-0.1, -0.05) is 36.4 Å². The van der Waals surface area contributed by atoms with E-state index in [9.17, 15) is 14.0 Å². The predicted octanol–water partition coefficient (Wildman–Crippen LogP) is 3.65. The maximum atomic E-state index is 13.0. The highest BCUT2D eigenvalue weighted by molar-refractivity contribution is 6.22. The van der Waals surface area contributed by atoms with Crippen molar-refractivity contribution in [1.29, 1.82) is 0 Å². The molecule has 2 amide bonds. The molecule has 0 bridgehead atoms. The lowest BCUT2D eigenvalue weighted by Crippen LogP contribution is -2.23. The molecule has 0 N–H and O–H groups in total. The summed E-state index contributed by atoms with van der Waals surface area (Å²) in [6.45, 7) is 0. The molecular formula is C18H12FNO2. The van der Waals surface area contributed by atoms with Gasteiger partial charge in [-0.25, -0.2) is 9.29 Å². The first-order valence-corrected chi connectivity index (χ1v) is 6.74. The summed E-state index contributed by atoms with van der Waals surface area (Å²) in [7, 11) is 0. The van der Waals surface area contributed by atoms with Crippen molar-refractivity contribution < 1.29 is 14.0 Å². The number of carbonyl (C=O) groups excluding carboxylic acids is 2. The molecule has 0 spiro atoms. The zero-order valence-corrected chi connectivity index (χ0v) is 11.6. The number of allylic oxidation sites excluding steroid dienone is 2. The number of imide groups is 1. The van der Waals surface area contributed by atoms with Crippen molar-refractivity contribution in [2.75, 3.05) is 0 Å². The fraction of sp³-hybridized carbons (Fsp3) is 0. The lowest BCUT2D eigenvalue weighted by Gasteiger charge is -2.05. The van der Waals surface area contributed by atoms with Gasteiger partial charge in [0.05, 0.1) is 11.1 Å². The zero-order chi connectivity index (χ0) is 15.5. The molecule has 2 aromatic carbocycles. The number of nitrogens with zero attached hydrogens (tertiary/aromatic N) is 1. The highest BCUT2D eigenvalue weighted by atomic mass is 19.1. The Kier molecular flexibility index (Phi) is 3.66. The van der Waals surface area contributed by atoms with Crippen LogP contribution in [0.25, 0.3) is 6.08 Å². The van der Waals surface area contributed by atoms with Crippen LogP contribution in [0.5, 0.6) is 0 Å². The molecular weight excluding hydrogens is 281 g/mol. The number of rotatable bonds is 3. The number of hydrogen-bond donors (Lipinski definition) is 0. The van der Waals surface area contributed by atoms with Crippen LogP contribution in [0.2, 0.25) is 0 Å². The minimum absolute atomic E-state index is 0.313. The van der Waals surface area contributed by atoms with Gasteiger partial charge in [-0.05, 0) is 35.9 Å². The van der Waals surface area contributed by atoms with Crippen molar-refractivity contribution in [3.05, 3.63) is 89.4 Å². The van der Waals surface area contributed by atoms with Crippen molar-refractivity contribution in [2.24, 2.45) is 0 Å². The topological polar surface area (TPSA) is 37.4 Å². The molecule has 0 aliphatic carbocycles. The minimum atomic E-state index is -0.337. The van der Waals surface area contributed by atoms with Gasteiger partial charge in [0.1, 0.15) is 5.82 Å². The molecule has 0 radical (unpaired) electrons. The lowest BCUT2D eigenvalue weighted by atomic mass is 10.1. The van der Waals surface area contributed by atoms with Crippen LogP contribution in [-0.4, -0.2) is 16.7 Å². The Balaban J connectivity index is 1.75. The van der Waals surface area contributed by atoms with Crippen LogP contribution in [-0.2, 0) is 0 Å². The van der Waals surface area contributed by atoms with Crippen molar-refractivity contribution in [3.8, 4) is 0 Å². The molecule has 1 aliphatic heterocycles. The first-order valence-electron chi connectivity index (χ1n) is 6.74. The molecule has 1 aliphatic rings. The first-order chi connectivity index (χ1) is 10.7. The number of fused-ring (bicyclic) bond motifs is 1. The Morgan fingerprint density at radius 1 is 0.864 bits per heavy atom. The number of amides is 2. The molecule has 3 nitrogen and oxygen atoms in total. The van der Waals surface area contributed by atoms with Crippen LogP contribution >= 0.6 is 0 Å². The minimum Gasteiger partial charge on any atom is -0.268 e. The largest absolute Gasteiger partial charge is 0.268 e. The van der Waals surface area contributed by atoms with Crippen LogP contribution in [0.4, 0.5) is 4.39 Å².